The molecule has 1 aromatic heterocycles. The molecule has 1 fully saturated rings. The molecule has 3 rings (SSSR count). The van der Waals surface area contributed by atoms with Crippen LogP contribution in [0.3, 0.4) is 0 Å². The van der Waals surface area contributed by atoms with Gasteiger partial charge in [0.05, 0.1) is 6.61 Å². The molecule has 1 atom stereocenters. The average molecular weight is 480 g/mol. The maximum Gasteiger partial charge on any atom is 0.251 e. The Labute approximate surface area is 208 Å². The summed E-state index contributed by atoms with van der Waals surface area (Å²) in [5.41, 5.74) is 2.42. The van der Waals surface area contributed by atoms with Crippen LogP contribution in [-0.4, -0.2) is 73.3 Å². The fourth-order valence-electron chi connectivity index (χ4n) is 3.85. The molecule has 188 valence electrons. The van der Waals surface area contributed by atoms with Crippen LogP contribution in [0.15, 0.2) is 30.5 Å². The number of nitriles is 1. The van der Waals surface area contributed by atoms with Gasteiger partial charge in [0.1, 0.15) is 11.9 Å². The third-order valence-electron chi connectivity index (χ3n) is 6.32. The summed E-state index contributed by atoms with van der Waals surface area (Å²) in [4.78, 5) is 26.0. The molecule has 2 heterocycles. The molecule has 1 aliphatic heterocycles. The number of nitrogens with one attached hydrogen (secondary N) is 2. The maximum absolute atomic E-state index is 12.9. The fraction of sp³-hybridized carbons (Fsp3) is 0.538. The lowest BCUT2D eigenvalue weighted by Gasteiger charge is -2.36. The number of ether oxygens (including phenoxy) is 1. The van der Waals surface area contributed by atoms with Crippen molar-refractivity contribution in [3.8, 4) is 6.07 Å². The standard InChI is InChI=1S/C26H37N7O2/c1-4-20(3)17-29-25-22(18-28-24(16-27)31-25)19-30-26(34)21-7-6-8-23(15-21)33-11-9-32(10-12-33)13-14-35-5-2/h6-8,15,18,20H,4-5,9-14,17,19H2,1-3H3,(H,30,34)(H,28,29,31). The van der Waals surface area contributed by atoms with Crippen LogP contribution in [0.2, 0.25) is 0 Å². The minimum Gasteiger partial charge on any atom is -0.380 e. The van der Waals surface area contributed by atoms with Gasteiger partial charge in [-0.05, 0) is 31.0 Å². The van der Waals surface area contributed by atoms with E-state index in [1.165, 1.54) is 0 Å². The van der Waals surface area contributed by atoms with Gasteiger partial charge in [0.25, 0.3) is 5.91 Å². The van der Waals surface area contributed by atoms with Crippen molar-refractivity contribution in [2.24, 2.45) is 5.92 Å². The van der Waals surface area contributed by atoms with Crippen LogP contribution in [0, 0.1) is 17.2 Å². The normalized spacial score (nSPS) is 14.9. The molecular formula is C26H37N7O2. The van der Waals surface area contributed by atoms with Crippen molar-refractivity contribution in [2.45, 2.75) is 33.7 Å². The number of hydrogen-bond donors (Lipinski definition) is 2. The molecule has 1 aliphatic rings. The smallest absolute Gasteiger partial charge is 0.251 e. The van der Waals surface area contributed by atoms with Crippen LogP contribution in [0.5, 0.6) is 0 Å². The number of nitrogens with zero attached hydrogens (tertiary/aromatic N) is 5. The van der Waals surface area contributed by atoms with Crippen molar-refractivity contribution >= 4 is 17.4 Å². The molecule has 1 unspecified atom stereocenters. The monoisotopic (exact) mass is 479 g/mol. The second-order valence-electron chi connectivity index (χ2n) is 8.83. The Morgan fingerprint density at radius 1 is 1.26 bits per heavy atom. The average Bonchev–Trinajstić information content (AvgIpc) is 2.91. The SMILES string of the molecule is CCOCCN1CCN(c2cccc(C(=O)NCc3cnc(C#N)nc3NCC(C)CC)c2)CC1. The zero-order valence-electron chi connectivity index (χ0n) is 21.1. The summed E-state index contributed by atoms with van der Waals surface area (Å²) in [5, 5.41) is 15.4. The Morgan fingerprint density at radius 3 is 2.77 bits per heavy atom. The highest BCUT2D eigenvalue weighted by molar-refractivity contribution is 5.95. The predicted molar refractivity (Wildman–Crippen MR) is 137 cm³/mol. The summed E-state index contributed by atoms with van der Waals surface area (Å²) < 4.78 is 5.47. The van der Waals surface area contributed by atoms with E-state index in [0.29, 0.717) is 17.3 Å². The molecule has 2 aromatic rings. The Kier molecular flexibility index (Phi) is 10.3. The van der Waals surface area contributed by atoms with Gasteiger partial charge in [0.15, 0.2) is 0 Å². The van der Waals surface area contributed by atoms with Crippen LogP contribution >= 0.6 is 0 Å². The van der Waals surface area contributed by atoms with Gasteiger partial charge in [-0.3, -0.25) is 9.69 Å². The number of carbonyl (C=O) groups excluding carboxylic acids is 1. The first-order valence-corrected chi connectivity index (χ1v) is 12.5. The van der Waals surface area contributed by atoms with Crippen molar-refractivity contribution in [3.05, 3.63) is 47.4 Å². The van der Waals surface area contributed by atoms with Crippen LogP contribution in [0.4, 0.5) is 11.5 Å². The molecule has 9 heteroatoms. The highest BCUT2D eigenvalue weighted by atomic mass is 16.5. The summed E-state index contributed by atoms with van der Waals surface area (Å²) in [6, 6.07) is 9.73. The molecule has 9 nitrogen and oxygen atoms in total. The molecule has 0 aliphatic carbocycles. The Morgan fingerprint density at radius 2 is 2.06 bits per heavy atom. The Hall–Kier alpha value is -3.22. The molecule has 0 spiro atoms. The first-order chi connectivity index (χ1) is 17.0. The van der Waals surface area contributed by atoms with E-state index in [1.54, 1.807) is 6.20 Å². The zero-order valence-corrected chi connectivity index (χ0v) is 21.1. The van der Waals surface area contributed by atoms with Crippen molar-refractivity contribution < 1.29 is 9.53 Å². The Bertz CT molecular complexity index is 999. The van der Waals surface area contributed by atoms with Gasteiger partial charge in [0.2, 0.25) is 5.82 Å². The molecule has 1 amide bonds. The van der Waals surface area contributed by atoms with E-state index in [1.807, 2.05) is 31.2 Å². The van der Waals surface area contributed by atoms with E-state index >= 15 is 0 Å². The summed E-state index contributed by atoms with van der Waals surface area (Å²) in [7, 11) is 0. The highest BCUT2D eigenvalue weighted by Gasteiger charge is 2.18. The summed E-state index contributed by atoms with van der Waals surface area (Å²) in [5.74, 6) is 1.01. The molecule has 35 heavy (non-hydrogen) atoms. The summed E-state index contributed by atoms with van der Waals surface area (Å²) in [6.07, 6.45) is 2.64. The predicted octanol–water partition coefficient (Wildman–Crippen LogP) is 2.89. The van der Waals surface area contributed by atoms with Crippen molar-refractivity contribution in [2.75, 3.05) is 62.7 Å². The molecule has 0 radical (unpaired) electrons. The Balaban J connectivity index is 1.58. The van der Waals surface area contributed by atoms with Gasteiger partial charge >= 0.3 is 0 Å². The summed E-state index contributed by atoms with van der Waals surface area (Å²) >= 11 is 0. The number of piperazine rings is 1. The lowest BCUT2D eigenvalue weighted by molar-refractivity contribution is 0.0951. The first kappa shape index (κ1) is 26.4. The first-order valence-electron chi connectivity index (χ1n) is 12.5. The van der Waals surface area contributed by atoms with Gasteiger partial charge in [-0.15, -0.1) is 0 Å². The van der Waals surface area contributed by atoms with Gasteiger partial charge in [0, 0.05) is 75.4 Å². The minimum absolute atomic E-state index is 0.109. The van der Waals surface area contributed by atoms with E-state index in [2.05, 4.69) is 50.3 Å². The van der Waals surface area contributed by atoms with E-state index in [-0.39, 0.29) is 18.3 Å². The molecule has 2 N–H and O–H groups in total. The molecule has 1 aromatic carbocycles. The lowest BCUT2D eigenvalue weighted by Crippen LogP contribution is -2.47. The minimum atomic E-state index is -0.153. The quantitative estimate of drug-likeness (QED) is 0.448. The number of anilines is 2. The van der Waals surface area contributed by atoms with Gasteiger partial charge in [-0.2, -0.15) is 5.26 Å². The number of amides is 1. The number of benzene rings is 1. The van der Waals surface area contributed by atoms with Crippen LogP contribution in [0.1, 0.15) is 48.9 Å². The van der Waals surface area contributed by atoms with E-state index in [0.717, 1.165) is 70.2 Å². The van der Waals surface area contributed by atoms with Crippen LogP contribution < -0.4 is 15.5 Å². The second-order valence-corrected chi connectivity index (χ2v) is 8.83. The highest BCUT2D eigenvalue weighted by Crippen LogP contribution is 2.19. The zero-order chi connectivity index (χ0) is 25.0. The van der Waals surface area contributed by atoms with Crippen molar-refractivity contribution in [1.82, 2.24) is 20.2 Å². The molecular weight excluding hydrogens is 442 g/mol. The van der Waals surface area contributed by atoms with Crippen molar-refractivity contribution in [3.63, 3.8) is 0 Å². The van der Waals surface area contributed by atoms with Gasteiger partial charge < -0.3 is 20.3 Å². The molecule has 1 saturated heterocycles. The van der Waals surface area contributed by atoms with Crippen molar-refractivity contribution in [1.29, 1.82) is 5.26 Å². The largest absolute Gasteiger partial charge is 0.380 e. The van der Waals surface area contributed by atoms with Crippen LogP contribution in [-0.2, 0) is 11.3 Å². The lowest BCUT2D eigenvalue weighted by atomic mass is 10.1. The third-order valence-corrected chi connectivity index (χ3v) is 6.32. The number of hydrogen-bond acceptors (Lipinski definition) is 8. The molecule has 0 saturated carbocycles. The molecule has 0 bridgehead atoms. The number of rotatable bonds is 12. The number of carbonyl (C=O) groups is 1. The van der Waals surface area contributed by atoms with E-state index in [4.69, 9.17) is 10.00 Å². The van der Waals surface area contributed by atoms with Crippen LogP contribution in [0.25, 0.3) is 0 Å². The second kappa shape index (κ2) is 13.6. The fourth-order valence-corrected chi connectivity index (χ4v) is 3.85. The maximum atomic E-state index is 12.9. The number of aromatic nitrogens is 2. The van der Waals surface area contributed by atoms with E-state index < -0.39 is 0 Å². The topological polar surface area (TPSA) is 106 Å². The van der Waals surface area contributed by atoms with Gasteiger partial charge in [-0.25, -0.2) is 9.97 Å². The third kappa shape index (κ3) is 7.91. The summed E-state index contributed by atoms with van der Waals surface area (Å²) in [6.45, 7) is 13.6. The van der Waals surface area contributed by atoms with E-state index in [9.17, 15) is 4.79 Å². The van der Waals surface area contributed by atoms with Gasteiger partial charge in [-0.1, -0.05) is 26.3 Å².